The van der Waals surface area contributed by atoms with Crippen molar-refractivity contribution in [1.82, 2.24) is 0 Å². The van der Waals surface area contributed by atoms with Gasteiger partial charge in [0.1, 0.15) is 11.7 Å². The van der Waals surface area contributed by atoms with Crippen LogP contribution in [0, 0.1) is 6.92 Å². The molecule has 1 atom stereocenters. The Morgan fingerprint density at radius 1 is 1.13 bits per heavy atom. The summed E-state index contributed by atoms with van der Waals surface area (Å²) in [6, 6.07) is 21.7. The average molecular weight is 590 g/mol. The van der Waals surface area contributed by atoms with Crippen molar-refractivity contribution >= 4 is 61.3 Å². The molecule has 0 spiro atoms. The zero-order valence-corrected chi connectivity index (χ0v) is 20.9. The third-order valence-corrected chi connectivity index (χ3v) is 6.45. The molecule has 31 heavy (non-hydrogen) atoms. The highest BCUT2D eigenvalue weighted by Crippen LogP contribution is 2.39. The topological polar surface area (TPSA) is 51.5 Å². The second-order valence-electron chi connectivity index (χ2n) is 7.32. The van der Waals surface area contributed by atoms with Gasteiger partial charge < -0.3 is 9.15 Å². The maximum atomic E-state index is 12.9. The van der Waals surface area contributed by atoms with Crippen molar-refractivity contribution in [3.8, 4) is 11.3 Å². The molecule has 4 aromatic rings. The molecule has 0 aliphatic rings. The van der Waals surface area contributed by atoms with E-state index in [0.717, 1.165) is 42.1 Å². The number of anilines is 1. The van der Waals surface area contributed by atoms with Gasteiger partial charge in [-0.05, 0) is 54.8 Å². The number of fused-ring (bicyclic) bond motifs is 1. The maximum Gasteiger partial charge on any atom is 0.412 e. The van der Waals surface area contributed by atoms with Crippen LogP contribution in [0.3, 0.4) is 0 Å². The molecule has 1 N–H and O–H groups in total. The molecule has 0 fully saturated rings. The molecule has 0 unspecified atom stereocenters. The van der Waals surface area contributed by atoms with Gasteiger partial charge in [0.05, 0.1) is 5.69 Å². The number of furan rings is 1. The normalized spacial score (nSPS) is 12.0. The lowest BCUT2D eigenvalue weighted by Gasteiger charge is -2.17. The minimum absolute atomic E-state index is 0.373. The van der Waals surface area contributed by atoms with Gasteiger partial charge in [-0.2, -0.15) is 0 Å². The first kappa shape index (κ1) is 21.9. The van der Waals surface area contributed by atoms with E-state index in [0.29, 0.717) is 11.4 Å². The molecular formula is C25H21BrINO3. The van der Waals surface area contributed by atoms with Crippen LogP contribution in [0.15, 0.2) is 75.6 Å². The second-order valence-corrected chi connectivity index (χ2v) is 9.00. The Kier molecular flexibility index (Phi) is 6.67. The fourth-order valence-electron chi connectivity index (χ4n) is 3.54. The summed E-state index contributed by atoms with van der Waals surface area (Å²) in [5, 5.41) is 3.77. The summed E-state index contributed by atoms with van der Waals surface area (Å²) in [4.78, 5) is 12.9. The molecular weight excluding hydrogens is 569 g/mol. The van der Waals surface area contributed by atoms with E-state index in [1.54, 1.807) is 0 Å². The van der Waals surface area contributed by atoms with Gasteiger partial charge in [-0.25, -0.2) is 4.79 Å². The summed E-state index contributed by atoms with van der Waals surface area (Å²) in [6.45, 7) is 3.89. The van der Waals surface area contributed by atoms with Crippen LogP contribution in [0.4, 0.5) is 10.5 Å². The largest absolute Gasteiger partial charge is 0.454 e. The van der Waals surface area contributed by atoms with Crippen LogP contribution in [-0.4, -0.2) is 6.09 Å². The van der Waals surface area contributed by atoms with Gasteiger partial charge >= 0.3 is 6.09 Å². The van der Waals surface area contributed by atoms with Crippen molar-refractivity contribution < 1.29 is 13.9 Å². The highest BCUT2D eigenvalue weighted by atomic mass is 127. The van der Waals surface area contributed by atoms with Crippen LogP contribution < -0.4 is 5.32 Å². The molecule has 1 amide bonds. The fourth-order valence-corrected chi connectivity index (χ4v) is 4.50. The van der Waals surface area contributed by atoms with Crippen LogP contribution in [0.25, 0.3) is 22.3 Å². The predicted molar refractivity (Wildman–Crippen MR) is 137 cm³/mol. The number of hydrogen-bond donors (Lipinski definition) is 1. The van der Waals surface area contributed by atoms with Crippen molar-refractivity contribution in [2.75, 3.05) is 5.32 Å². The van der Waals surface area contributed by atoms with Gasteiger partial charge in [0.2, 0.25) is 0 Å². The average Bonchev–Trinajstić information content (AvgIpc) is 3.11. The molecule has 0 aliphatic heterocycles. The van der Waals surface area contributed by atoms with Crippen molar-refractivity contribution in [2.45, 2.75) is 24.4 Å². The number of benzene rings is 3. The van der Waals surface area contributed by atoms with E-state index in [9.17, 15) is 4.79 Å². The molecule has 0 saturated heterocycles. The molecule has 158 valence electrons. The molecule has 1 aromatic heterocycles. The predicted octanol–water partition coefficient (Wildman–Crippen LogP) is 8.42. The molecule has 0 radical (unpaired) electrons. The number of halogens is 2. The maximum absolute atomic E-state index is 12.9. The summed E-state index contributed by atoms with van der Waals surface area (Å²) in [7, 11) is 0. The van der Waals surface area contributed by atoms with Gasteiger partial charge in [0.25, 0.3) is 0 Å². The molecule has 0 aliphatic carbocycles. The molecule has 0 saturated carbocycles. The molecule has 1 heterocycles. The lowest BCUT2D eigenvalue weighted by Crippen LogP contribution is -2.17. The third kappa shape index (κ3) is 4.80. The van der Waals surface area contributed by atoms with Crippen LogP contribution >= 0.6 is 38.5 Å². The Labute approximate surface area is 203 Å². The lowest BCUT2D eigenvalue weighted by atomic mass is 10.0. The van der Waals surface area contributed by atoms with Crippen molar-refractivity contribution in [3.63, 3.8) is 0 Å². The summed E-state index contributed by atoms with van der Waals surface area (Å²) in [5.41, 5.74) is 5.45. The van der Waals surface area contributed by atoms with Gasteiger partial charge in [-0.15, -0.1) is 0 Å². The molecule has 4 rings (SSSR count). The quantitative estimate of drug-likeness (QED) is 0.188. The first-order valence-corrected chi connectivity index (χ1v) is 12.2. The third-order valence-electron chi connectivity index (χ3n) is 5.10. The fraction of sp³-hybridized carbons (Fsp3) is 0.160. The zero-order chi connectivity index (χ0) is 22.0. The number of alkyl halides is 1. The highest BCUT2D eigenvalue weighted by molar-refractivity contribution is 14.1. The number of hydrogen-bond acceptors (Lipinski definition) is 3. The lowest BCUT2D eigenvalue weighted by molar-refractivity contribution is 0.121. The Morgan fingerprint density at radius 3 is 2.61 bits per heavy atom. The minimum Gasteiger partial charge on any atom is -0.454 e. The SMILES string of the molecule is Cc1ccc2c(NC(=O)O[C@H](C)c3ccccc3CI)c(-c3ccc(Br)cc3)oc2c1. The zero-order valence-electron chi connectivity index (χ0n) is 17.1. The van der Waals surface area contributed by atoms with E-state index in [2.05, 4.69) is 49.9 Å². The van der Waals surface area contributed by atoms with Crippen molar-refractivity contribution in [1.29, 1.82) is 0 Å². The van der Waals surface area contributed by atoms with Crippen LogP contribution in [-0.2, 0) is 9.16 Å². The van der Waals surface area contributed by atoms with E-state index in [4.69, 9.17) is 9.15 Å². The molecule has 0 bridgehead atoms. The highest BCUT2D eigenvalue weighted by Gasteiger charge is 2.21. The first-order chi connectivity index (χ1) is 15.0. The summed E-state index contributed by atoms with van der Waals surface area (Å²) in [5.74, 6) is 0.602. The Bertz CT molecular complexity index is 1230. The minimum atomic E-state index is -0.516. The van der Waals surface area contributed by atoms with E-state index in [1.165, 1.54) is 0 Å². The summed E-state index contributed by atoms with van der Waals surface area (Å²) >= 11 is 5.78. The molecule has 4 nitrogen and oxygen atoms in total. The number of aryl methyl sites for hydroxylation is 1. The Hall–Kier alpha value is -2.32. The van der Waals surface area contributed by atoms with Crippen molar-refractivity contribution in [2.24, 2.45) is 0 Å². The number of amides is 1. The van der Waals surface area contributed by atoms with Crippen LogP contribution in [0.1, 0.15) is 29.7 Å². The summed E-state index contributed by atoms with van der Waals surface area (Å²) < 4.78 is 13.7. The number of nitrogens with one attached hydrogen (secondary N) is 1. The van der Waals surface area contributed by atoms with Crippen LogP contribution in [0.2, 0.25) is 0 Å². The second kappa shape index (κ2) is 9.44. The Morgan fingerprint density at radius 2 is 1.87 bits per heavy atom. The summed E-state index contributed by atoms with van der Waals surface area (Å²) in [6.07, 6.45) is -0.889. The van der Waals surface area contributed by atoms with Gasteiger partial charge in [0, 0.05) is 19.8 Å². The first-order valence-electron chi connectivity index (χ1n) is 9.86. The molecule has 6 heteroatoms. The smallest absolute Gasteiger partial charge is 0.412 e. The number of ether oxygens (including phenoxy) is 1. The Balaban J connectivity index is 1.66. The van der Waals surface area contributed by atoms with Gasteiger partial charge in [-0.1, -0.05) is 81.0 Å². The monoisotopic (exact) mass is 589 g/mol. The standard InChI is InChI=1S/C25H21BrINO3/c1-15-7-12-21-22(13-15)31-24(17-8-10-19(26)11-9-17)23(21)28-25(29)30-16(2)20-6-4-3-5-18(20)14-27/h3-13,16H,14H2,1-2H3,(H,28,29)/t16-/m1/s1. The van der Waals surface area contributed by atoms with E-state index in [-0.39, 0.29) is 6.10 Å². The van der Waals surface area contributed by atoms with E-state index in [1.807, 2.05) is 74.5 Å². The van der Waals surface area contributed by atoms with Crippen LogP contribution in [0.5, 0.6) is 0 Å². The van der Waals surface area contributed by atoms with E-state index < -0.39 is 6.09 Å². The van der Waals surface area contributed by atoms with Crippen molar-refractivity contribution in [3.05, 3.63) is 87.9 Å². The molecule has 3 aromatic carbocycles. The number of rotatable bonds is 5. The van der Waals surface area contributed by atoms with E-state index >= 15 is 0 Å². The number of carbonyl (C=O) groups is 1. The van der Waals surface area contributed by atoms with Gasteiger partial charge in [-0.3, -0.25) is 5.32 Å². The number of carbonyl (C=O) groups excluding carboxylic acids is 1. The van der Waals surface area contributed by atoms with Gasteiger partial charge in [0.15, 0.2) is 5.76 Å².